The van der Waals surface area contributed by atoms with Crippen LogP contribution in [-0.2, 0) is 19.1 Å². The van der Waals surface area contributed by atoms with Crippen LogP contribution < -0.4 is 0 Å². The standard InChI is InChI=1S/C23H28O4/c1-20-6-3-12(24)9-16(20)13-10-14(13)19-15-4-7-22(8-5-18(25)27-22)21(15,2)11-17-23(19,20)26-17/h9,13-15,17,19H,3-8,10-11H2,1-2H3/t13-,14?,15+,17?,19+,20+,21+,22-,23-/m1/s1. The lowest BCUT2D eigenvalue weighted by atomic mass is 9.46. The van der Waals surface area contributed by atoms with Crippen LogP contribution in [0.1, 0.15) is 65.2 Å². The van der Waals surface area contributed by atoms with Crippen molar-refractivity contribution in [1.29, 1.82) is 0 Å². The molecule has 2 unspecified atom stereocenters. The van der Waals surface area contributed by atoms with Gasteiger partial charge in [0.25, 0.3) is 0 Å². The first kappa shape index (κ1) is 15.7. The number of carbonyl (C=O) groups is 2. The van der Waals surface area contributed by atoms with E-state index in [1.807, 2.05) is 6.08 Å². The Morgan fingerprint density at radius 1 is 1.11 bits per heavy atom. The predicted octanol–water partition coefficient (Wildman–Crippen LogP) is 3.58. The van der Waals surface area contributed by atoms with Gasteiger partial charge in [0.15, 0.2) is 5.78 Å². The smallest absolute Gasteiger partial charge is 0.306 e. The van der Waals surface area contributed by atoms with Gasteiger partial charge >= 0.3 is 5.97 Å². The Morgan fingerprint density at radius 2 is 1.96 bits per heavy atom. The van der Waals surface area contributed by atoms with Crippen molar-refractivity contribution >= 4 is 11.8 Å². The van der Waals surface area contributed by atoms with Gasteiger partial charge in [0, 0.05) is 23.7 Å². The first-order chi connectivity index (χ1) is 12.8. The van der Waals surface area contributed by atoms with Gasteiger partial charge in [-0.3, -0.25) is 9.59 Å². The molecule has 7 aliphatic rings. The summed E-state index contributed by atoms with van der Waals surface area (Å²) in [5, 5.41) is 0. The summed E-state index contributed by atoms with van der Waals surface area (Å²) < 4.78 is 12.8. The highest BCUT2D eigenvalue weighted by Gasteiger charge is 2.85. The van der Waals surface area contributed by atoms with Crippen LogP contribution in [0.25, 0.3) is 0 Å². The Kier molecular flexibility index (Phi) is 2.46. The Hall–Kier alpha value is -1.16. The van der Waals surface area contributed by atoms with E-state index < -0.39 is 0 Å². The van der Waals surface area contributed by atoms with Gasteiger partial charge in [0.1, 0.15) is 11.2 Å². The number of fused-ring (bicyclic) bond motifs is 7. The third kappa shape index (κ3) is 1.47. The molecule has 0 N–H and O–H groups in total. The third-order valence-electron chi connectivity index (χ3n) is 10.4. The number of epoxide rings is 1. The lowest BCUT2D eigenvalue weighted by molar-refractivity contribution is -0.164. The van der Waals surface area contributed by atoms with E-state index in [9.17, 15) is 9.59 Å². The molecule has 2 spiro atoms. The molecule has 5 aliphatic carbocycles. The fraction of sp³-hybridized carbons (Fsp3) is 0.826. The van der Waals surface area contributed by atoms with E-state index in [0.29, 0.717) is 42.3 Å². The zero-order valence-corrected chi connectivity index (χ0v) is 16.3. The molecule has 144 valence electrons. The topological polar surface area (TPSA) is 55.9 Å². The maximum Gasteiger partial charge on any atom is 0.306 e. The molecule has 9 atom stereocenters. The van der Waals surface area contributed by atoms with Gasteiger partial charge in [-0.1, -0.05) is 19.4 Å². The quantitative estimate of drug-likeness (QED) is 0.484. The van der Waals surface area contributed by atoms with Crippen molar-refractivity contribution in [2.24, 2.45) is 34.5 Å². The molecule has 27 heavy (non-hydrogen) atoms. The van der Waals surface area contributed by atoms with Crippen molar-refractivity contribution in [3.8, 4) is 0 Å². The summed E-state index contributed by atoms with van der Waals surface area (Å²) >= 11 is 0. The number of hydrogen-bond donors (Lipinski definition) is 0. The van der Waals surface area contributed by atoms with Gasteiger partial charge in [-0.25, -0.2) is 0 Å². The van der Waals surface area contributed by atoms with Crippen molar-refractivity contribution in [3.63, 3.8) is 0 Å². The van der Waals surface area contributed by atoms with Crippen molar-refractivity contribution in [2.45, 2.75) is 82.5 Å². The molecule has 4 saturated carbocycles. The summed E-state index contributed by atoms with van der Waals surface area (Å²) in [6.07, 6.45) is 9.85. The zero-order chi connectivity index (χ0) is 18.4. The van der Waals surface area contributed by atoms with Crippen LogP contribution in [0.5, 0.6) is 0 Å². The summed E-state index contributed by atoms with van der Waals surface area (Å²) in [4.78, 5) is 24.2. The molecule has 2 aliphatic heterocycles. The first-order valence-electron chi connectivity index (χ1n) is 11.0. The van der Waals surface area contributed by atoms with E-state index in [-0.39, 0.29) is 34.1 Å². The normalized spacial score (nSPS) is 62.0. The molecule has 4 heteroatoms. The van der Waals surface area contributed by atoms with Gasteiger partial charge in [0.05, 0.1) is 6.10 Å². The number of esters is 1. The molecule has 6 fully saturated rings. The minimum absolute atomic E-state index is 0.00124. The molecule has 0 aromatic heterocycles. The highest BCUT2D eigenvalue weighted by molar-refractivity contribution is 5.92. The van der Waals surface area contributed by atoms with Crippen LogP contribution in [0.2, 0.25) is 0 Å². The SMILES string of the molecule is C[C@]12CCC(=O)C=C1[C@@H]1CC1[C@H]1[C@@H]3CC[C@@]4(CCC(=O)O4)[C@@]3(C)CC3O[C@]312. The van der Waals surface area contributed by atoms with Crippen LogP contribution in [0.4, 0.5) is 0 Å². The lowest BCUT2D eigenvalue weighted by Gasteiger charge is -2.56. The molecule has 0 amide bonds. The fourth-order valence-corrected chi connectivity index (χ4v) is 9.12. The number of rotatable bonds is 0. The van der Waals surface area contributed by atoms with Crippen LogP contribution >= 0.6 is 0 Å². The fourth-order valence-electron chi connectivity index (χ4n) is 9.12. The first-order valence-corrected chi connectivity index (χ1v) is 11.0. The number of ketones is 1. The molecular formula is C23H28O4. The Morgan fingerprint density at radius 3 is 2.74 bits per heavy atom. The molecule has 2 saturated heterocycles. The molecule has 0 aromatic carbocycles. The van der Waals surface area contributed by atoms with Crippen molar-refractivity contribution in [3.05, 3.63) is 11.6 Å². The molecule has 0 aromatic rings. The van der Waals surface area contributed by atoms with Gasteiger partial charge in [-0.2, -0.15) is 0 Å². The third-order valence-corrected chi connectivity index (χ3v) is 10.4. The van der Waals surface area contributed by atoms with Gasteiger partial charge < -0.3 is 9.47 Å². The lowest BCUT2D eigenvalue weighted by Crippen LogP contribution is -2.60. The Labute approximate surface area is 160 Å². The van der Waals surface area contributed by atoms with E-state index in [4.69, 9.17) is 9.47 Å². The van der Waals surface area contributed by atoms with Crippen LogP contribution in [0.3, 0.4) is 0 Å². The second-order valence-corrected chi connectivity index (χ2v) is 11.1. The van der Waals surface area contributed by atoms with E-state index in [2.05, 4.69) is 13.8 Å². The number of ether oxygens (including phenoxy) is 2. The maximum absolute atomic E-state index is 12.2. The van der Waals surface area contributed by atoms with Crippen molar-refractivity contribution in [1.82, 2.24) is 0 Å². The molecule has 0 bridgehead atoms. The molecule has 0 radical (unpaired) electrons. The van der Waals surface area contributed by atoms with E-state index in [0.717, 1.165) is 25.7 Å². The largest absolute Gasteiger partial charge is 0.458 e. The minimum atomic E-state index is -0.239. The summed E-state index contributed by atoms with van der Waals surface area (Å²) in [7, 11) is 0. The molecule has 2 heterocycles. The molecular weight excluding hydrogens is 340 g/mol. The van der Waals surface area contributed by atoms with Crippen LogP contribution in [0, 0.1) is 34.5 Å². The summed E-state index contributed by atoms with van der Waals surface area (Å²) in [6.45, 7) is 4.81. The van der Waals surface area contributed by atoms with Crippen molar-refractivity contribution < 1.29 is 19.1 Å². The summed E-state index contributed by atoms with van der Waals surface area (Å²) in [6, 6.07) is 0. The zero-order valence-electron chi connectivity index (χ0n) is 16.3. The minimum Gasteiger partial charge on any atom is -0.458 e. The Bertz CT molecular complexity index is 845. The predicted molar refractivity (Wildman–Crippen MR) is 96.6 cm³/mol. The average molecular weight is 368 g/mol. The van der Waals surface area contributed by atoms with Gasteiger partial charge in [-0.05, 0) is 68.3 Å². The second-order valence-electron chi connectivity index (χ2n) is 11.1. The maximum atomic E-state index is 12.2. The summed E-state index contributed by atoms with van der Waals surface area (Å²) in [5.74, 6) is 2.77. The number of carbonyl (C=O) groups excluding carboxylic acids is 2. The summed E-state index contributed by atoms with van der Waals surface area (Å²) in [5.41, 5.74) is 1.24. The van der Waals surface area contributed by atoms with Crippen LogP contribution in [0.15, 0.2) is 11.6 Å². The van der Waals surface area contributed by atoms with E-state index in [1.54, 1.807) is 0 Å². The molecule has 7 rings (SSSR count). The van der Waals surface area contributed by atoms with Crippen LogP contribution in [-0.4, -0.2) is 29.1 Å². The van der Waals surface area contributed by atoms with Crippen molar-refractivity contribution in [2.75, 3.05) is 0 Å². The Balaban J connectivity index is 1.36. The van der Waals surface area contributed by atoms with Gasteiger partial charge in [0.2, 0.25) is 0 Å². The highest BCUT2D eigenvalue weighted by atomic mass is 16.6. The highest BCUT2D eigenvalue weighted by Crippen LogP contribution is 2.82. The number of hydrogen-bond acceptors (Lipinski definition) is 4. The molecule has 4 nitrogen and oxygen atoms in total. The van der Waals surface area contributed by atoms with E-state index in [1.165, 1.54) is 18.4 Å². The van der Waals surface area contributed by atoms with E-state index >= 15 is 0 Å². The second kappa shape index (κ2) is 4.22. The van der Waals surface area contributed by atoms with Gasteiger partial charge in [-0.15, -0.1) is 0 Å². The monoisotopic (exact) mass is 368 g/mol. The average Bonchev–Trinajstić information content (AvgIpc) is 3.49.